The zero-order chi connectivity index (χ0) is 27.8. The summed E-state index contributed by atoms with van der Waals surface area (Å²) in [7, 11) is 0. The lowest BCUT2D eigenvalue weighted by atomic mass is 9.96. The van der Waals surface area contributed by atoms with Gasteiger partial charge in [-0.15, -0.1) is 5.06 Å². The van der Waals surface area contributed by atoms with Crippen molar-refractivity contribution in [2.24, 2.45) is 0 Å². The number of rotatable bonds is 10. The van der Waals surface area contributed by atoms with Gasteiger partial charge in [0.05, 0.1) is 34.3 Å². The smallest absolute Gasteiger partial charge is 0.286 e. The molecule has 1 N–H and O–H groups in total. The fourth-order valence-corrected chi connectivity index (χ4v) is 6.35. The molecule has 8 heteroatoms. The van der Waals surface area contributed by atoms with Gasteiger partial charge in [0.1, 0.15) is 0 Å². The summed E-state index contributed by atoms with van der Waals surface area (Å²) in [5, 5.41) is 31.9. The van der Waals surface area contributed by atoms with E-state index in [4.69, 9.17) is 10.5 Å². The van der Waals surface area contributed by atoms with Gasteiger partial charge in [-0.3, -0.25) is 14.8 Å². The maximum Gasteiger partial charge on any atom is 0.286 e. The van der Waals surface area contributed by atoms with Crippen LogP contribution in [0.4, 0.5) is 0 Å². The molecule has 0 radical (unpaired) electrons. The monoisotopic (exact) mass is 531 g/mol. The third kappa shape index (κ3) is 3.84. The molecule has 1 aliphatic rings. The quantitative estimate of drug-likeness (QED) is 0.118. The lowest BCUT2D eigenvalue weighted by Gasteiger charge is -2.13. The van der Waals surface area contributed by atoms with Gasteiger partial charge in [0.15, 0.2) is 0 Å². The molecule has 2 aromatic heterocycles. The summed E-state index contributed by atoms with van der Waals surface area (Å²) in [5.74, 6) is -1.39. The maximum absolute atomic E-state index is 13.4. The number of aryl methyl sites for hydroxylation is 2. The number of fused-ring (bicyclic) bond motifs is 10. The van der Waals surface area contributed by atoms with Crippen molar-refractivity contribution in [3.8, 4) is 12.1 Å². The summed E-state index contributed by atoms with van der Waals surface area (Å²) in [5.41, 5.74) is 4.22. The third-order valence-corrected chi connectivity index (χ3v) is 8.07. The molecule has 5 aromatic rings. The highest BCUT2D eigenvalue weighted by Crippen LogP contribution is 2.46. The van der Waals surface area contributed by atoms with Gasteiger partial charge in [-0.05, 0) is 37.8 Å². The predicted molar refractivity (Wildman–Crippen MR) is 153 cm³/mol. The number of para-hydroxylation sites is 2. The van der Waals surface area contributed by atoms with Crippen molar-refractivity contribution in [2.75, 3.05) is 0 Å². The molecule has 40 heavy (non-hydrogen) atoms. The molecule has 0 bridgehead atoms. The van der Waals surface area contributed by atoms with Crippen molar-refractivity contribution < 1.29 is 14.8 Å². The van der Waals surface area contributed by atoms with E-state index in [2.05, 4.69) is 21.3 Å². The summed E-state index contributed by atoms with van der Waals surface area (Å²) in [4.78, 5) is 26.9. The molecule has 0 aliphatic carbocycles. The second kappa shape index (κ2) is 10.5. The second-order valence-electron chi connectivity index (χ2n) is 10.4. The Labute approximate surface area is 231 Å². The van der Waals surface area contributed by atoms with Crippen LogP contribution >= 0.6 is 0 Å². The van der Waals surface area contributed by atoms with E-state index >= 15 is 0 Å². The molecule has 0 fully saturated rings. The van der Waals surface area contributed by atoms with Crippen LogP contribution in [0.3, 0.4) is 0 Å². The number of nitriles is 2. The number of unbranched alkanes of at least 4 members (excludes halogenated alkanes) is 6. The van der Waals surface area contributed by atoms with Crippen LogP contribution in [0.2, 0.25) is 0 Å². The Hall–Kier alpha value is -4.66. The molecule has 1 aliphatic heterocycles. The molecule has 8 nitrogen and oxygen atoms in total. The summed E-state index contributed by atoms with van der Waals surface area (Å²) < 4.78 is 4.50. The lowest BCUT2D eigenvalue weighted by Crippen LogP contribution is -2.25. The number of nitrogens with zero attached hydrogens (tertiary/aromatic N) is 5. The van der Waals surface area contributed by atoms with E-state index in [0.29, 0.717) is 36.7 Å². The van der Waals surface area contributed by atoms with Crippen molar-refractivity contribution in [3.05, 3.63) is 59.7 Å². The Kier molecular flexibility index (Phi) is 6.71. The minimum Gasteiger partial charge on any atom is -0.339 e. The van der Waals surface area contributed by atoms with Gasteiger partial charge in [0, 0.05) is 58.5 Å². The largest absolute Gasteiger partial charge is 0.339 e. The molecule has 2 amide bonds. The molecule has 0 atom stereocenters. The van der Waals surface area contributed by atoms with Crippen molar-refractivity contribution in [1.82, 2.24) is 14.2 Å². The highest BCUT2D eigenvalue weighted by Gasteiger charge is 2.41. The Morgan fingerprint density at radius 1 is 0.625 bits per heavy atom. The summed E-state index contributed by atoms with van der Waals surface area (Å²) in [6.07, 6.45) is 6.23. The summed E-state index contributed by atoms with van der Waals surface area (Å²) in [6, 6.07) is 20.3. The molecule has 200 valence electrons. The average Bonchev–Trinajstić information content (AvgIpc) is 3.55. The number of aromatic nitrogens is 2. The Bertz CT molecular complexity index is 1760. The molecule has 3 heterocycles. The zero-order valence-electron chi connectivity index (χ0n) is 22.2. The number of carbonyl (C=O) groups excluding carboxylic acids is 2. The van der Waals surface area contributed by atoms with Crippen LogP contribution in [0, 0.1) is 22.7 Å². The van der Waals surface area contributed by atoms with E-state index in [-0.39, 0.29) is 16.2 Å². The summed E-state index contributed by atoms with van der Waals surface area (Å²) in [6.45, 7) is 1.38. The van der Waals surface area contributed by atoms with Gasteiger partial charge in [-0.2, -0.15) is 10.5 Å². The van der Waals surface area contributed by atoms with Gasteiger partial charge < -0.3 is 9.13 Å². The number of hydroxylamine groups is 2. The minimum absolute atomic E-state index is 0.256. The number of imide groups is 1. The van der Waals surface area contributed by atoms with E-state index in [1.807, 2.05) is 48.5 Å². The van der Waals surface area contributed by atoms with Crippen LogP contribution in [-0.2, 0) is 13.1 Å². The van der Waals surface area contributed by atoms with E-state index in [9.17, 15) is 14.8 Å². The van der Waals surface area contributed by atoms with Gasteiger partial charge in [-0.1, -0.05) is 49.2 Å². The first-order valence-electron chi connectivity index (χ1n) is 13.9. The molecular formula is C32H29N5O3. The molecule has 0 saturated carbocycles. The van der Waals surface area contributed by atoms with Gasteiger partial charge >= 0.3 is 0 Å². The molecule has 0 unspecified atom stereocenters. The molecule has 6 rings (SSSR count). The topological polar surface area (TPSA) is 115 Å². The van der Waals surface area contributed by atoms with E-state index in [0.717, 1.165) is 71.4 Å². The Morgan fingerprint density at radius 2 is 1.05 bits per heavy atom. The van der Waals surface area contributed by atoms with Crippen LogP contribution < -0.4 is 0 Å². The highest BCUT2D eigenvalue weighted by molar-refractivity contribution is 6.39. The number of benzene rings is 3. The molecular weight excluding hydrogens is 502 g/mol. The standard InChI is InChI=1S/C32H29N5O3/c33-17-9-1-3-11-19-35-23-15-7-5-13-21(23)25-27-28(32(39)37(40)31(27)38)26-22-14-6-8-16-24(22)36(30(26)29(25)35)20-12-4-2-10-18-34/h5-8,13-16,40H,1-4,9-12,19-20H2. The van der Waals surface area contributed by atoms with Gasteiger partial charge in [0.2, 0.25) is 0 Å². The Balaban J connectivity index is 1.70. The van der Waals surface area contributed by atoms with Crippen molar-refractivity contribution in [2.45, 2.75) is 64.5 Å². The molecule has 0 spiro atoms. The van der Waals surface area contributed by atoms with Crippen molar-refractivity contribution >= 4 is 55.4 Å². The predicted octanol–water partition coefficient (Wildman–Crippen LogP) is 7.06. The van der Waals surface area contributed by atoms with Crippen LogP contribution in [0.1, 0.15) is 72.1 Å². The van der Waals surface area contributed by atoms with Crippen LogP contribution in [-0.4, -0.2) is 31.2 Å². The minimum atomic E-state index is -0.697. The first-order valence-corrected chi connectivity index (χ1v) is 13.9. The third-order valence-electron chi connectivity index (χ3n) is 8.07. The molecule has 0 saturated heterocycles. The SMILES string of the molecule is N#CCCCCCn1c2ccccc2c2c3c(c4c5ccccc5n(CCCCCC#N)c4c21)C(=O)N(O)C3=O. The lowest BCUT2D eigenvalue weighted by molar-refractivity contribution is -0.0325. The van der Waals surface area contributed by atoms with Gasteiger partial charge in [0.25, 0.3) is 11.8 Å². The number of carbonyl (C=O) groups is 2. The van der Waals surface area contributed by atoms with E-state index < -0.39 is 11.8 Å². The van der Waals surface area contributed by atoms with Crippen molar-refractivity contribution in [3.63, 3.8) is 0 Å². The fraction of sp³-hybridized carbons (Fsp3) is 0.312. The maximum atomic E-state index is 13.4. The number of hydrogen-bond donors (Lipinski definition) is 1. The fourth-order valence-electron chi connectivity index (χ4n) is 6.35. The van der Waals surface area contributed by atoms with E-state index in [1.54, 1.807) is 0 Å². The van der Waals surface area contributed by atoms with E-state index in [1.165, 1.54) is 0 Å². The average molecular weight is 532 g/mol. The summed E-state index contributed by atoms with van der Waals surface area (Å²) >= 11 is 0. The first-order chi connectivity index (χ1) is 19.6. The zero-order valence-corrected chi connectivity index (χ0v) is 22.2. The number of hydrogen-bond acceptors (Lipinski definition) is 5. The first kappa shape index (κ1) is 25.6. The van der Waals surface area contributed by atoms with Gasteiger partial charge in [-0.25, -0.2) is 0 Å². The Morgan fingerprint density at radius 3 is 1.48 bits per heavy atom. The normalized spacial score (nSPS) is 13.1. The van der Waals surface area contributed by atoms with Crippen LogP contribution in [0.15, 0.2) is 48.5 Å². The number of amides is 2. The molecule has 3 aromatic carbocycles. The van der Waals surface area contributed by atoms with Crippen molar-refractivity contribution in [1.29, 1.82) is 10.5 Å². The second-order valence-corrected chi connectivity index (χ2v) is 10.4. The highest BCUT2D eigenvalue weighted by atomic mass is 16.5. The van der Waals surface area contributed by atoms with Crippen LogP contribution in [0.5, 0.6) is 0 Å². The van der Waals surface area contributed by atoms with Crippen LogP contribution in [0.25, 0.3) is 43.6 Å².